The van der Waals surface area contributed by atoms with Crippen LogP contribution in [-0.2, 0) is 9.59 Å². The first-order valence-electron chi connectivity index (χ1n) is 5.32. The second-order valence-corrected chi connectivity index (χ2v) is 4.35. The average Bonchev–Trinajstić information content (AvgIpc) is 2.29. The highest BCUT2D eigenvalue weighted by Gasteiger charge is 2.24. The molecular formula is C12H14ClNO4. The third kappa shape index (κ3) is 4.01. The highest BCUT2D eigenvalue weighted by atomic mass is 35.5. The molecule has 98 valence electrons. The standard InChI is InChI=1S/C12H14ClNO4/c1-14(7-6-10(15)16)11(12(17)18)8-2-4-9(13)5-3-8/h2-5,11H,6-7H2,1H3,(H,15,16)(H,17,18). The Morgan fingerprint density at radius 3 is 2.28 bits per heavy atom. The maximum Gasteiger partial charge on any atom is 0.325 e. The van der Waals surface area contributed by atoms with Crippen LogP contribution in [0.5, 0.6) is 0 Å². The number of hydrogen-bond donors (Lipinski definition) is 2. The molecule has 1 aromatic rings. The smallest absolute Gasteiger partial charge is 0.325 e. The highest BCUT2D eigenvalue weighted by molar-refractivity contribution is 6.30. The van der Waals surface area contributed by atoms with Crippen LogP contribution in [0.25, 0.3) is 0 Å². The number of carboxylic acids is 2. The second kappa shape index (κ2) is 6.37. The Hall–Kier alpha value is -1.59. The van der Waals surface area contributed by atoms with E-state index in [1.807, 2.05) is 0 Å². The van der Waals surface area contributed by atoms with Crippen molar-refractivity contribution in [3.05, 3.63) is 34.9 Å². The molecule has 2 N–H and O–H groups in total. The fraction of sp³-hybridized carbons (Fsp3) is 0.333. The van der Waals surface area contributed by atoms with Crippen molar-refractivity contribution < 1.29 is 19.8 Å². The lowest BCUT2D eigenvalue weighted by Gasteiger charge is -2.24. The van der Waals surface area contributed by atoms with Gasteiger partial charge in [0.1, 0.15) is 6.04 Å². The van der Waals surface area contributed by atoms with Crippen LogP contribution in [0, 0.1) is 0 Å². The molecule has 0 fully saturated rings. The van der Waals surface area contributed by atoms with Gasteiger partial charge in [-0.2, -0.15) is 0 Å². The first-order chi connectivity index (χ1) is 8.41. The molecule has 0 saturated carbocycles. The number of carbonyl (C=O) groups is 2. The lowest BCUT2D eigenvalue weighted by molar-refractivity contribution is -0.144. The Labute approximate surface area is 110 Å². The quantitative estimate of drug-likeness (QED) is 0.826. The summed E-state index contributed by atoms with van der Waals surface area (Å²) in [6.45, 7) is 0.162. The molecule has 0 radical (unpaired) electrons. The number of carboxylic acid groups (broad SMARTS) is 2. The van der Waals surface area contributed by atoms with Crippen LogP contribution in [0.15, 0.2) is 24.3 Å². The molecule has 0 amide bonds. The Morgan fingerprint density at radius 2 is 1.83 bits per heavy atom. The number of halogens is 1. The van der Waals surface area contributed by atoms with Crippen LogP contribution in [0.3, 0.4) is 0 Å². The van der Waals surface area contributed by atoms with Gasteiger partial charge in [-0.25, -0.2) is 0 Å². The number of rotatable bonds is 6. The Kier molecular flexibility index (Phi) is 5.12. The van der Waals surface area contributed by atoms with E-state index in [0.717, 1.165) is 0 Å². The molecule has 0 saturated heterocycles. The largest absolute Gasteiger partial charge is 0.481 e. The van der Waals surface area contributed by atoms with Crippen molar-refractivity contribution in [2.75, 3.05) is 13.6 Å². The zero-order chi connectivity index (χ0) is 13.7. The molecule has 0 bridgehead atoms. The average molecular weight is 272 g/mol. The summed E-state index contributed by atoms with van der Waals surface area (Å²) in [5.74, 6) is -1.98. The lowest BCUT2D eigenvalue weighted by atomic mass is 10.1. The molecule has 0 aliphatic carbocycles. The van der Waals surface area contributed by atoms with Gasteiger partial charge in [0.25, 0.3) is 0 Å². The van der Waals surface area contributed by atoms with Crippen molar-refractivity contribution in [3.8, 4) is 0 Å². The SMILES string of the molecule is CN(CCC(=O)O)C(C(=O)O)c1ccc(Cl)cc1. The number of aliphatic carboxylic acids is 2. The zero-order valence-corrected chi connectivity index (χ0v) is 10.6. The predicted molar refractivity (Wildman–Crippen MR) is 66.7 cm³/mol. The fourth-order valence-electron chi connectivity index (χ4n) is 1.63. The van der Waals surface area contributed by atoms with Crippen LogP contribution in [0.1, 0.15) is 18.0 Å². The van der Waals surface area contributed by atoms with Gasteiger partial charge in [0, 0.05) is 11.6 Å². The van der Waals surface area contributed by atoms with E-state index in [9.17, 15) is 14.7 Å². The van der Waals surface area contributed by atoms with E-state index in [-0.39, 0.29) is 13.0 Å². The van der Waals surface area contributed by atoms with Gasteiger partial charge >= 0.3 is 11.9 Å². The van der Waals surface area contributed by atoms with Gasteiger partial charge in [-0.3, -0.25) is 14.5 Å². The van der Waals surface area contributed by atoms with Gasteiger partial charge in [0.05, 0.1) is 6.42 Å². The molecule has 18 heavy (non-hydrogen) atoms. The highest BCUT2D eigenvalue weighted by Crippen LogP contribution is 2.21. The Bertz CT molecular complexity index is 432. The van der Waals surface area contributed by atoms with Crippen molar-refractivity contribution in [2.24, 2.45) is 0 Å². The summed E-state index contributed by atoms with van der Waals surface area (Å²) in [5.41, 5.74) is 0.569. The predicted octanol–water partition coefficient (Wildman–Crippen LogP) is 1.87. The van der Waals surface area contributed by atoms with Gasteiger partial charge in [-0.15, -0.1) is 0 Å². The van der Waals surface area contributed by atoms with Crippen molar-refractivity contribution in [3.63, 3.8) is 0 Å². The molecular weight excluding hydrogens is 258 g/mol. The van der Waals surface area contributed by atoms with Crippen LogP contribution >= 0.6 is 11.6 Å². The lowest BCUT2D eigenvalue weighted by Crippen LogP contribution is -2.32. The topological polar surface area (TPSA) is 77.8 Å². The van der Waals surface area contributed by atoms with E-state index < -0.39 is 18.0 Å². The molecule has 1 aromatic carbocycles. The zero-order valence-electron chi connectivity index (χ0n) is 9.84. The Balaban J connectivity index is 2.85. The number of likely N-dealkylation sites (N-methyl/N-ethyl adjacent to an activating group) is 1. The molecule has 0 aliphatic heterocycles. The van der Waals surface area contributed by atoms with E-state index in [2.05, 4.69) is 0 Å². The molecule has 5 nitrogen and oxygen atoms in total. The molecule has 1 atom stereocenters. The summed E-state index contributed by atoms with van der Waals surface area (Å²) < 4.78 is 0. The summed E-state index contributed by atoms with van der Waals surface area (Å²) in [6.07, 6.45) is -0.103. The van der Waals surface area contributed by atoms with Crippen LogP contribution in [0.2, 0.25) is 5.02 Å². The molecule has 0 spiro atoms. The first-order valence-corrected chi connectivity index (χ1v) is 5.70. The van der Waals surface area contributed by atoms with Gasteiger partial charge < -0.3 is 10.2 Å². The minimum absolute atomic E-state index is 0.103. The number of hydrogen-bond acceptors (Lipinski definition) is 3. The molecule has 1 rings (SSSR count). The van der Waals surface area contributed by atoms with Gasteiger partial charge in [-0.05, 0) is 24.7 Å². The second-order valence-electron chi connectivity index (χ2n) is 3.92. The summed E-state index contributed by atoms with van der Waals surface area (Å²) in [7, 11) is 1.58. The third-order valence-electron chi connectivity index (χ3n) is 2.54. The minimum Gasteiger partial charge on any atom is -0.481 e. The molecule has 6 heteroatoms. The number of benzene rings is 1. The third-order valence-corrected chi connectivity index (χ3v) is 2.79. The van der Waals surface area contributed by atoms with Crippen molar-refractivity contribution in [2.45, 2.75) is 12.5 Å². The Morgan fingerprint density at radius 1 is 1.28 bits per heavy atom. The van der Waals surface area contributed by atoms with Gasteiger partial charge in [0.2, 0.25) is 0 Å². The summed E-state index contributed by atoms with van der Waals surface area (Å²) in [6, 6.07) is 5.59. The molecule has 0 aromatic heterocycles. The summed E-state index contributed by atoms with van der Waals surface area (Å²) >= 11 is 5.74. The van der Waals surface area contributed by atoms with E-state index in [1.54, 1.807) is 31.3 Å². The normalized spacial score (nSPS) is 12.4. The monoisotopic (exact) mass is 271 g/mol. The maximum absolute atomic E-state index is 11.2. The van der Waals surface area contributed by atoms with E-state index in [1.165, 1.54) is 4.90 Å². The molecule has 0 aliphatic rings. The maximum atomic E-state index is 11.2. The first kappa shape index (κ1) is 14.5. The number of nitrogens with zero attached hydrogens (tertiary/aromatic N) is 1. The van der Waals surface area contributed by atoms with E-state index >= 15 is 0 Å². The van der Waals surface area contributed by atoms with Crippen LogP contribution in [-0.4, -0.2) is 40.6 Å². The fourth-order valence-corrected chi connectivity index (χ4v) is 1.76. The van der Waals surface area contributed by atoms with E-state index in [0.29, 0.717) is 10.6 Å². The van der Waals surface area contributed by atoms with Crippen molar-refractivity contribution in [1.29, 1.82) is 0 Å². The van der Waals surface area contributed by atoms with Crippen molar-refractivity contribution in [1.82, 2.24) is 4.90 Å². The van der Waals surface area contributed by atoms with Crippen LogP contribution < -0.4 is 0 Å². The molecule has 1 unspecified atom stereocenters. The summed E-state index contributed by atoms with van der Waals surface area (Å²) in [5, 5.41) is 18.3. The van der Waals surface area contributed by atoms with E-state index in [4.69, 9.17) is 16.7 Å². The van der Waals surface area contributed by atoms with Crippen molar-refractivity contribution >= 4 is 23.5 Å². The minimum atomic E-state index is -1.02. The van der Waals surface area contributed by atoms with Crippen LogP contribution in [0.4, 0.5) is 0 Å². The summed E-state index contributed by atoms with van der Waals surface area (Å²) in [4.78, 5) is 23.2. The molecule has 0 heterocycles. The van der Waals surface area contributed by atoms with Gasteiger partial charge in [-0.1, -0.05) is 23.7 Å². The van der Waals surface area contributed by atoms with Gasteiger partial charge in [0.15, 0.2) is 0 Å².